The number of piperazine rings is 1. The molecule has 0 unspecified atom stereocenters. The molecule has 0 amide bonds. The summed E-state index contributed by atoms with van der Waals surface area (Å²) in [7, 11) is 1.74. The molecule has 5 nitrogen and oxygen atoms in total. The molecule has 0 bridgehead atoms. The SMILES string of the molecule is Cn1c(=O)oc2cc(CCCN3CCN(c4ccccc4)CC3)ccc21. The van der Waals surface area contributed by atoms with Gasteiger partial charge < -0.3 is 9.32 Å². The van der Waals surface area contributed by atoms with Crippen LogP contribution in [0.4, 0.5) is 5.69 Å². The molecule has 1 fully saturated rings. The molecule has 0 atom stereocenters. The molecule has 2 heterocycles. The van der Waals surface area contributed by atoms with Crippen LogP contribution in [0.1, 0.15) is 12.0 Å². The summed E-state index contributed by atoms with van der Waals surface area (Å²) in [5.74, 6) is -0.298. The molecule has 0 radical (unpaired) electrons. The molecule has 0 saturated carbocycles. The minimum atomic E-state index is -0.298. The predicted molar refractivity (Wildman–Crippen MR) is 105 cm³/mol. The van der Waals surface area contributed by atoms with Crippen molar-refractivity contribution in [3.8, 4) is 0 Å². The van der Waals surface area contributed by atoms with Crippen molar-refractivity contribution in [1.82, 2.24) is 9.47 Å². The molecule has 0 aliphatic carbocycles. The van der Waals surface area contributed by atoms with Gasteiger partial charge in [-0.1, -0.05) is 24.3 Å². The lowest BCUT2D eigenvalue weighted by atomic mass is 10.1. The van der Waals surface area contributed by atoms with E-state index in [4.69, 9.17) is 4.42 Å². The van der Waals surface area contributed by atoms with E-state index in [0.29, 0.717) is 5.58 Å². The van der Waals surface area contributed by atoms with Gasteiger partial charge in [0.25, 0.3) is 0 Å². The highest BCUT2D eigenvalue weighted by Crippen LogP contribution is 2.17. The van der Waals surface area contributed by atoms with E-state index in [1.165, 1.54) is 11.3 Å². The van der Waals surface area contributed by atoms with Crippen LogP contribution in [0.2, 0.25) is 0 Å². The van der Waals surface area contributed by atoms with Crippen LogP contribution in [-0.4, -0.2) is 42.2 Å². The largest absolute Gasteiger partial charge is 0.419 e. The first kappa shape index (κ1) is 16.9. The summed E-state index contributed by atoms with van der Waals surface area (Å²) in [5, 5.41) is 0. The van der Waals surface area contributed by atoms with Crippen LogP contribution in [0.15, 0.2) is 57.7 Å². The normalized spacial score (nSPS) is 15.7. The number of benzene rings is 2. The van der Waals surface area contributed by atoms with Crippen LogP contribution in [0.3, 0.4) is 0 Å². The molecule has 136 valence electrons. The van der Waals surface area contributed by atoms with Crippen LogP contribution in [0.5, 0.6) is 0 Å². The standard InChI is InChI=1S/C21H25N3O2/c1-22-19-10-9-17(16-20(19)26-21(22)25)6-5-11-23-12-14-24(15-13-23)18-7-3-2-4-8-18/h2-4,7-10,16H,5-6,11-15H2,1H3. The molecule has 0 spiro atoms. The molecule has 4 rings (SSSR count). The highest BCUT2D eigenvalue weighted by atomic mass is 16.4. The summed E-state index contributed by atoms with van der Waals surface area (Å²) in [6, 6.07) is 16.7. The quantitative estimate of drug-likeness (QED) is 0.709. The summed E-state index contributed by atoms with van der Waals surface area (Å²) >= 11 is 0. The Morgan fingerprint density at radius 2 is 1.77 bits per heavy atom. The van der Waals surface area contributed by atoms with Gasteiger partial charge in [-0.3, -0.25) is 9.47 Å². The van der Waals surface area contributed by atoms with Crippen molar-refractivity contribution in [3.05, 3.63) is 64.6 Å². The monoisotopic (exact) mass is 351 g/mol. The molecule has 1 aliphatic rings. The molecule has 1 saturated heterocycles. The van der Waals surface area contributed by atoms with Gasteiger partial charge in [0.2, 0.25) is 0 Å². The lowest BCUT2D eigenvalue weighted by molar-refractivity contribution is 0.255. The fraction of sp³-hybridized carbons (Fsp3) is 0.381. The third kappa shape index (κ3) is 3.53. The van der Waals surface area contributed by atoms with Crippen LogP contribution in [0, 0.1) is 0 Å². The van der Waals surface area contributed by atoms with Gasteiger partial charge in [-0.15, -0.1) is 0 Å². The fourth-order valence-electron chi connectivity index (χ4n) is 3.71. The number of para-hydroxylation sites is 1. The lowest BCUT2D eigenvalue weighted by Gasteiger charge is -2.36. The van der Waals surface area contributed by atoms with Crippen molar-refractivity contribution >= 4 is 16.8 Å². The molecular formula is C21H25N3O2. The summed E-state index contributed by atoms with van der Waals surface area (Å²) in [5.41, 5.74) is 4.10. The summed E-state index contributed by atoms with van der Waals surface area (Å²) in [6.45, 7) is 5.51. The third-order valence-electron chi connectivity index (χ3n) is 5.29. The molecule has 0 N–H and O–H groups in total. The van der Waals surface area contributed by atoms with E-state index in [2.05, 4.69) is 46.2 Å². The van der Waals surface area contributed by atoms with Gasteiger partial charge in [0, 0.05) is 38.9 Å². The maximum absolute atomic E-state index is 11.6. The van der Waals surface area contributed by atoms with Gasteiger partial charge in [0.1, 0.15) is 0 Å². The number of aromatic nitrogens is 1. The van der Waals surface area contributed by atoms with Crippen LogP contribution >= 0.6 is 0 Å². The first-order valence-electron chi connectivity index (χ1n) is 9.31. The molecule has 1 aromatic heterocycles. The second-order valence-corrected chi connectivity index (χ2v) is 7.00. The van der Waals surface area contributed by atoms with E-state index in [1.54, 1.807) is 11.6 Å². The van der Waals surface area contributed by atoms with Crippen molar-refractivity contribution in [3.63, 3.8) is 0 Å². The Bertz CT molecular complexity index is 921. The summed E-state index contributed by atoms with van der Waals surface area (Å²) in [4.78, 5) is 16.6. The molecule has 26 heavy (non-hydrogen) atoms. The zero-order valence-corrected chi connectivity index (χ0v) is 15.2. The van der Waals surface area contributed by atoms with E-state index < -0.39 is 0 Å². The van der Waals surface area contributed by atoms with Gasteiger partial charge in [-0.25, -0.2) is 4.79 Å². The van der Waals surface area contributed by atoms with E-state index >= 15 is 0 Å². The van der Waals surface area contributed by atoms with Crippen LogP contribution < -0.4 is 10.7 Å². The van der Waals surface area contributed by atoms with Crippen molar-refractivity contribution in [2.75, 3.05) is 37.6 Å². The zero-order valence-electron chi connectivity index (χ0n) is 15.2. The average Bonchev–Trinajstić information content (AvgIpc) is 2.96. The second-order valence-electron chi connectivity index (χ2n) is 7.00. The lowest BCUT2D eigenvalue weighted by Crippen LogP contribution is -2.46. The zero-order chi connectivity index (χ0) is 17.9. The van der Waals surface area contributed by atoms with Gasteiger partial charge >= 0.3 is 5.76 Å². The van der Waals surface area contributed by atoms with Crippen molar-refractivity contribution in [2.45, 2.75) is 12.8 Å². The third-order valence-corrected chi connectivity index (χ3v) is 5.29. The Labute approximate surface area is 153 Å². The summed E-state index contributed by atoms with van der Waals surface area (Å²) in [6.07, 6.45) is 2.13. The van der Waals surface area contributed by atoms with Crippen molar-refractivity contribution in [2.24, 2.45) is 7.05 Å². The first-order chi connectivity index (χ1) is 12.7. The van der Waals surface area contributed by atoms with Gasteiger partial charge in [-0.2, -0.15) is 0 Å². The van der Waals surface area contributed by atoms with E-state index in [-0.39, 0.29) is 5.76 Å². The highest BCUT2D eigenvalue weighted by Gasteiger charge is 2.16. The fourth-order valence-corrected chi connectivity index (χ4v) is 3.71. The molecule has 1 aliphatic heterocycles. The minimum absolute atomic E-state index is 0.298. The van der Waals surface area contributed by atoms with E-state index in [1.807, 2.05) is 12.1 Å². The van der Waals surface area contributed by atoms with E-state index in [9.17, 15) is 4.79 Å². The Morgan fingerprint density at radius 1 is 1.00 bits per heavy atom. The molecule has 3 aromatic rings. The van der Waals surface area contributed by atoms with Crippen molar-refractivity contribution < 1.29 is 4.42 Å². The van der Waals surface area contributed by atoms with Gasteiger partial charge in [-0.05, 0) is 49.2 Å². The number of fused-ring (bicyclic) bond motifs is 1. The number of oxazole rings is 1. The van der Waals surface area contributed by atoms with Gasteiger partial charge in [0.05, 0.1) is 5.52 Å². The molecule has 5 heteroatoms. The highest BCUT2D eigenvalue weighted by molar-refractivity contribution is 5.73. The Morgan fingerprint density at radius 3 is 2.54 bits per heavy atom. The Balaban J connectivity index is 1.27. The number of rotatable bonds is 5. The average molecular weight is 351 g/mol. The van der Waals surface area contributed by atoms with Crippen molar-refractivity contribution in [1.29, 1.82) is 0 Å². The number of nitrogens with zero attached hydrogens (tertiary/aromatic N) is 3. The maximum Gasteiger partial charge on any atom is 0.419 e. The topological polar surface area (TPSA) is 41.6 Å². The predicted octanol–water partition coefficient (Wildman–Crippen LogP) is 2.89. The smallest absolute Gasteiger partial charge is 0.408 e. The van der Waals surface area contributed by atoms with Crippen LogP contribution in [-0.2, 0) is 13.5 Å². The Kier molecular flexibility index (Phi) is 4.80. The molecule has 2 aromatic carbocycles. The minimum Gasteiger partial charge on any atom is -0.408 e. The van der Waals surface area contributed by atoms with E-state index in [0.717, 1.165) is 51.1 Å². The number of hydrogen-bond acceptors (Lipinski definition) is 4. The summed E-state index contributed by atoms with van der Waals surface area (Å²) < 4.78 is 6.83. The first-order valence-corrected chi connectivity index (χ1v) is 9.31. The van der Waals surface area contributed by atoms with Gasteiger partial charge in [0.15, 0.2) is 5.58 Å². The number of aryl methyl sites for hydroxylation is 2. The maximum atomic E-state index is 11.6. The number of hydrogen-bond donors (Lipinski definition) is 0. The second kappa shape index (κ2) is 7.38. The Hall–Kier alpha value is -2.53. The van der Waals surface area contributed by atoms with Crippen LogP contribution in [0.25, 0.3) is 11.1 Å². The number of anilines is 1. The molecular weight excluding hydrogens is 326 g/mol.